The van der Waals surface area contributed by atoms with Gasteiger partial charge in [-0.05, 0) is 31.1 Å². The molecule has 2 rings (SSSR count). The maximum absolute atomic E-state index is 4.19. The average molecular weight is 193 g/mol. The van der Waals surface area contributed by atoms with Crippen LogP contribution in [0.2, 0.25) is 0 Å². The van der Waals surface area contributed by atoms with Crippen molar-refractivity contribution in [3.63, 3.8) is 0 Å². The maximum Gasteiger partial charge on any atom is 0.200 e. The predicted molar refractivity (Wildman–Crippen MR) is 58.2 cm³/mol. The van der Waals surface area contributed by atoms with Crippen LogP contribution in [-0.4, -0.2) is 16.0 Å². The average Bonchev–Trinajstić information content (AvgIpc) is 2.54. The largest absolute Gasteiger partial charge is 0.353 e. The van der Waals surface area contributed by atoms with Gasteiger partial charge in [-0.25, -0.2) is 4.98 Å². The molecular weight excluding hydrogens is 174 g/mol. The first-order valence-electron chi connectivity index (χ1n) is 5.50. The van der Waals surface area contributed by atoms with Gasteiger partial charge in [0.1, 0.15) is 0 Å². The minimum atomic E-state index is 0.597. The molecule has 2 unspecified atom stereocenters. The van der Waals surface area contributed by atoms with Crippen molar-refractivity contribution in [1.29, 1.82) is 0 Å². The number of imidazole rings is 1. The maximum atomic E-state index is 4.19. The van der Waals surface area contributed by atoms with Crippen molar-refractivity contribution in [2.45, 2.75) is 39.2 Å². The molecule has 0 aliphatic heterocycles. The molecule has 1 aliphatic carbocycles. The molecule has 0 spiro atoms. The summed E-state index contributed by atoms with van der Waals surface area (Å²) in [4.78, 5) is 7.29. The minimum Gasteiger partial charge on any atom is -0.353 e. The number of nitrogens with one attached hydrogen (secondary N) is 2. The Hall–Kier alpha value is -0.990. The number of aromatic amines is 1. The van der Waals surface area contributed by atoms with Crippen molar-refractivity contribution in [2.24, 2.45) is 11.8 Å². The summed E-state index contributed by atoms with van der Waals surface area (Å²) in [5.74, 6) is 2.59. The first-order valence-corrected chi connectivity index (χ1v) is 5.50. The molecule has 3 nitrogen and oxygen atoms in total. The highest BCUT2D eigenvalue weighted by molar-refractivity contribution is 5.25. The fourth-order valence-corrected chi connectivity index (χ4v) is 2.60. The van der Waals surface area contributed by atoms with Gasteiger partial charge in [-0.1, -0.05) is 13.8 Å². The van der Waals surface area contributed by atoms with Gasteiger partial charge in [-0.3, -0.25) is 0 Å². The smallest absolute Gasteiger partial charge is 0.200 e. The summed E-state index contributed by atoms with van der Waals surface area (Å²) in [6.07, 6.45) is 7.56. The molecule has 2 N–H and O–H groups in total. The fourth-order valence-electron chi connectivity index (χ4n) is 2.60. The quantitative estimate of drug-likeness (QED) is 0.758. The van der Waals surface area contributed by atoms with E-state index in [1.165, 1.54) is 19.3 Å². The van der Waals surface area contributed by atoms with Gasteiger partial charge in [0.05, 0.1) is 0 Å². The highest BCUT2D eigenvalue weighted by atomic mass is 15.1. The summed E-state index contributed by atoms with van der Waals surface area (Å²) < 4.78 is 0. The second-order valence-corrected chi connectivity index (χ2v) is 4.70. The molecule has 78 valence electrons. The van der Waals surface area contributed by atoms with Gasteiger partial charge in [0.2, 0.25) is 0 Å². The number of hydrogen-bond donors (Lipinski definition) is 2. The Bertz CT molecular complexity index is 258. The number of aromatic nitrogens is 2. The van der Waals surface area contributed by atoms with Crippen LogP contribution >= 0.6 is 0 Å². The van der Waals surface area contributed by atoms with Crippen LogP contribution in [0.4, 0.5) is 5.95 Å². The Balaban J connectivity index is 1.91. The molecule has 0 radical (unpaired) electrons. The van der Waals surface area contributed by atoms with Crippen LogP contribution in [0.1, 0.15) is 33.1 Å². The van der Waals surface area contributed by atoms with Crippen LogP contribution in [0.15, 0.2) is 12.4 Å². The van der Waals surface area contributed by atoms with Crippen LogP contribution in [0.3, 0.4) is 0 Å². The summed E-state index contributed by atoms with van der Waals surface area (Å²) >= 11 is 0. The summed E-state index contributed by atoms with van der Waals surface area (Å²) in [6.45, 7) is 4.68. The second kappa shape index (κ2) is 4.03. The first kappa shape index (κ1) is 9.56. The standard InChI is InChI=1S/C11H19N3/c1-8-5-9(2)7-10(6-8)14-11-12-3-4-13-11/h3-4,8-10H,5-7H2,1-2H3,(H2,12,13,14). The molecule has 1 aromatic rings. The molecule has 0 amide bonds. The molecule has 0 saturated heterocycles. The van der Waals surface area contributed by atoms with Crippen LogP contribution < -0.4 is 5.32 Å². The molecule has 1 fully saturated rings. The number of H-pyrrole nitrogens is 1. The molecule has 2 atom stereocenters. The van der Waals surface area contributed by atoms with Crippen LogP contribution in [0.25, 0.3) is 0 Å². The number of hydrogen-bond acceptors (Lipinski definition) is 2. The van der Waals surface area contributed by atoms with Gasteiger partial charge < -0.3 is 10.3 Å². The van der Waals surface area contributed by atoms with E-state index >= 15 is 0 Å². The fraction of sp³-hybridized carbons (Fsp3) is 0.727. The molecule has 1 aromatic heterocycles. The van der Waals surface area contributed by atoms with Crippen LogP contribution in [0, 0.1) is 11.8 Å². The van der Waals surface area contributed by atoms with Gasteiger partial charge >= 0.3 is 0 Å². The van der Waals surface area contributed by atoms with Crippen molar-refractivity contribution in [2.75, 3.05) is 5.32 Å². The monoisotopic (exact) mass is 193 g/mol. The van der Waals surface area contributed by atoms with E-state index in [0.717, 1.165) is 17.8 Å². The lowest BCUT2D eigenvalue weighted by Crippen LogP contribution is -2.30. The normalized spacial score (nSPS) is 32.9. The van der Waals surface area contributed by atoms with Gasteiger partial charge in [-0.15, -0.1) is 0 Å². The molecule has 14 heavy (non-hydrogen) atoms. The van der Waals surface area contributed by atoms with Crippen molar-refractivity contribution in [3.8, 4) is 0 Å². The van der Waals surface area contributed by atoms with E-state index in [-0.39, 0.29) is 0 Å². The third kappa shape index (κ3) is 2.28. The lowest BCUT2D eigenvalue weighted by atomic mass is 9.80. The van der Waals surface area contributed by atoms with E-state index < -0.39 is 0 Å². The number of anilines is 1. The first-order chi connectivity index (χ1) is 6.74. The van der Waals surface area contributed by atoms with E-state index in [0.29, 0.717) is 6.04 Å². The summed E-state index contributed by atoms with van der Waals surface area (Å²) in [5, 5.41) is 3.46. The van der Waals surface area contributed by atoms with E-state index in [1.54, 1.807) is 6.20 Å². The van der Waals surface area contributed by atoms with Crippen molar-refractivity contribution in [3.05, 3.63) is 12.4 Å². The van der Waals surface area contributed by atoms with Crippen molar-refractivity contribution < 1.29 is 0 Å². The van der Waals surface area contributed by atoms with E-state index in [1.807, 2.05) is 6.20 Å². The molecule has 0 bridgehead atoms. The van der Waals surface area contributed by atoms with Crippen LogP contribution in [-0.2, 0) is 0 Å². The third-order valence-corrected chi connectivity index (χ3v) is 3.02. The van der Waals surface area contributed by atoms with E-state index in [9.17, 15) is 0 Å². The third-order valence-electron chi connectivity index (χ3n) is 3.02. The zero-order valence-electron chi connectivity index (χ0n) is 8.96. The Kier molecular flexibility index (Phi) is 2.75. The summed E-state index contributed by atoms with van der Waals surface area (Å²) in [5.41, 5.74) is 0. The highest BCUT2D eigenvalue weighted by Crippen LogP contribution is 2.29. The second-order valence-electron chi connectivity index (χ2n) is 4.70. The van der Waals surface area contributed by atoms with Gasteiger partial charge in [0, 0.05) is 18.4 Å². The topological polar surface area (TPSA) is 40.7 Å². The molecule has 3 heteroatoms. The van der Waals surface area contributed by atoms with Crippen molar-refractivity contribution >= 4 is 5.95 Å². The Morgan fingerprint density at radius 1 is 1.29 bits per heavy atom. The molecule has 1 saturated carbocycles. The molecular formula is C11H19N3. The Morgan fingerprint density at radius 2 is 2.00 bits per heavy atom. The van der Waals surface area contributed by atoms with Crippen molar-refractivity contribution in [1.82, 2.24) is 9.97 Å². The zero-order chi connectivity index (χ0) is 9.97. The van der Waals surface area contributed by atoms with E-state index in [2.05, 4.69) is 29.1 Å². The zero-order valence-corrected chi connectivity index (χ0v) is 8.96. The summed E-state index contributed by atoms with van der Waals surface area (Å²) in [7, 11) is 0. The summed E-state index contributed by atoms with van der Waals surface area (Å²) in [6, 6.07) is 0.597. The number of nitrogens with zero attached hydrogens (tertiary/aromatic N) is 1. The predicted octanol–water partition coefficient (Wildman–Crippen LogP) is 2.65. The minimum absolute atomic E-state index is 0.597. The highest BCUT2D eigenvalue weighted by Gasteiger charge is 2.23. The molecule has 1 heterocycles. The molecule has 0 aromatic carbocycles. The SMILES string of the molecule is CC1CC(C)CC(Nc2ncc[nH]2)C1. The Labute approximate surface area is 85.3 Å². The van der Waals surface area contributed by atoms with Crippen LogP contribution in [0.5, 0.6) is 0 Å². The van der Waals surface area contributed by atoms with Gasteiger partial charge in [0.25, 0.3) is 0 Å². The lowest BCUT2D eigenvalue weighted by Gasteiger charge is -2.31. The Morgan fingerprint density at radius 3 is 2.57 bits per heavy atom. The van der Waals surface area contributed by atoms with Gasteiger partial charge in [0.15, 0.2) is 5.95 Å². The lowest BCUT2D eigenvalue weighted by molar-refractivity contribution is 0.280. The molecule has 1 aliphatic rings. The van der Waals surface area contributed by atoms with E-state index in [4.69, 9.17) is 0 Å². The van der Waals surface area contributed by atoms with Gasteiger partial charge in [-0.2, -0.15) is 0 Å². The number of rotatable bonds is 2.